The average molecular weight is 325 g/mol. The van der Waals surface area contributed by atoms with Crippen molar-refractivity contribution in [2.75, 3.05) is 34.2 Å². The lowest BCUT2D eigenvalue weighted by Crippen LogP contribution is -2.48. The number of nitrogens with one attached hydrogen (secondary N) is 2. The van der Waals surface area contributed by atoms with Crippen LogP contribution in [-0.4, -0.2) is 72.6 Å². The van der Waals surface area contributed by atoms with Crippen molar-refractivity contribution in [2.24, 2.45) is 0 Å². The molecule has 0 aliphatic carbocycles. The number of amidine groups is 1. The minimum Gasteiger partial charge on any atom is -0.444 e. The van der Waals surface area contributed by atoms with Crippen LogP contribution in [0.15, 0.2) is 12.3 Å². The standard InChI is InChI=1S/C16H31N5O2/c1-16(2,3)23-15(22)20(6)13-8-11-21(12-9-13)14(17)7-10-18-19(4)5/h7,10,13,17-18H,8-9,11-12H2,1-6H3/b10-7-,17-14?. The molecule has 7 heteroatoms. The molecule has 2 N–H and O–H groups in total. The Hall–Kier alpha value is -1.76. The molecule has 0 radical (unpaired) electrons. The average Bonchev–Trinajstić information content (AvgIpc) is 2.44. The zero-order valence-electron chi connectivity index (χ0n) is 15.2. The van der Waals surface area contributed by atoms with E-state index in [-0.39, 0.29) is 12.1 Å². The number of amides is 1. The molecule has 7 nitrogen and oxygen atoms in total. The number of carbonyl (C=O) groups excluding carboxylic acids is 1. The molecular formula is C16H31N5O2. The molecule has 0 aromatic heterocycles. The Morgan fingerprint density at radius 2 is 1.83 bits per heavy atom. The summed E-state index contributed by atoms with van der Waals surface area (Å²) in [5.74, 6) is 0.484. The van der Waals surface area contributed by atoms with Crippen molar-refractivity contribution in [3.8, 4) is 0 Å². The number of likely N-dealkylation sites (tertiary alicyclic amines) is 1. The second-order valence-corrected chi connectivity index (χ2v) is 7.05. The molecule has 0 aromatic rings. The topological polar surface area (TPSA) is 71.9 Å². The van der Waals surface area contributed by atoms with E-state index in [0.29, 0.717) is 5.84 Å². The van der Waals surface area contributed by atoms with Gasteiger partial charge in [0.05, 0.1) is 0 Å². The van der Waals surface area contributed by atoms with E-state index in [2.05, 4.69) is 5.43 Å². The van der Waals surface area contributed by atoms with Crippen LogP contribution in [0, 0.1) is 5.41 Å². The number of carbonyl (C=O) groups is 1. The van der Waals surface area contributed by atoms with Gasteiger partial charge in [0.25, 0.3) is 0 Å². The van der Waals surface area contributed by atoms with Gasteiger partial charge in [-0.1, -0.05) is 0 Å². The van der Waals surface area contributed by atoms with Crippen LogP contribution in [-0.2, 0) is 4.74 Å². The summed E-state index contributed by atoms with van der Waals surface area (Å²) in [5.41, 5.74) is 2.52. The smallest absolute Gasteiger partial charge is 0.410 e. The molecule has 0 atom stereocenters. The van der Waals surface area contributed by atoms with Gasteiger partial charge < -0.3 is 20.0 Å². The van der Waals surface area contributed by atoms with Crippen molar-refractivity contribution < 1.29 is 9.53 Å². The van der Waals surface area contributed by atoms with Crippen molar-refractivity contribution in [3.63, 3.8) is 0 Å². The summed E-state index contributed by atoms with van der Waals surface area (Å²) in [7, 11) is 5.58. The van der Waals surface area contributed by atoms with E-state index in [4.69, 9.17) is 10.1 Å². The van der Waals surface area contributed by atoms with Gasteiger partial charge in [-0.2, -0.15) is 0 Å². The van der Waals surface area contributed by atoms with Gasteiger partial charge >= 0.3 is 6.09 Å². The van der Waals surface area contributed by atoms with Crippen LogP contribution in [0.4, 0.5) is 4.79 Å². The summed E-state index contributed by atoms with van der Waals surface area (Å²) in [6, 6.07) is 0.165. The van der Waals surface area contributed by atoms with Gasteiger partial charge in [0.1, 0.15) is 11.4 Å². The molecule has 0 spiro atoms. The van der Waals surface area contributed by atoms with Crippen molar-refractivity contribution in [2.45, 2.75) is 45.3 Å². The first-order valence-electron chi connectivity index (χ1n) is 7.99. The highest BCUT2D eigenvalue weighted by Crippen LogP contribution is 2.18. The normalized spacial score (nSPS) is 16.7. The fourth-order valence-electron chi connectivity index (χ4n) is 2.35. The van der Waals surface area contributed by atoms with E-state index in [1.165, 1.54) is 0 Å². The molecule has 23 heavy (non-hydrogen) atoms. The Bertz CT molecular complexity index is 434. The van der Waals surface area contributed by atoms with Crippen molar-refractivity contribution in [3.05, 3.63) is 12.3 Å². The Labute approximate surface area is 139 Å². The van der Waals surface area contributed by atoms with Crippen LogP contribution in [0.1, 0.15) is 33.6 Å². The third kappa shape index (κ3) is 6.90. The highest BCUT2D eigenvalue weighted by molar-refractivity contribution is 5.90. The maximum Gasteiger partial charge on any atom is 0.410 e. The number of hydrogen-bond donors (Lipinski definition) is 2. The molecule has 0 unspecified atom stereocenters. The Morgan fingerprint density at radius 3 is 2.30 bits per heavy atom. The number of rotatable bonds is 4. The SMILES string of the molecule is CN(C)N/C=C\C(=N)N1CCC(N(C)C(=O)OC(C)(C)C)CC1. The van der Waals surface area contributed by atoms with Crippen LogP contribution in [0.5, 0.6) is 0 Å². The predicted octanol–water partition coefficient (Wildman–Crippen LogP) is 1.87. The molecule has 1 heterocycles. The summed E-state index contributed by atoms with van der Waals surface area (Å²) < 4.78 is 5.41. The summed E-state index contributed by atoms with van der Waals surface area (Å²) >= 11 is 0. The van der Waals surface area contributed by atoms with Crippen LogP contribution >= 0.6 is 0 Å². The van der Waals surface area contributed by atoms with Gasteiger partial charge in [0.2, 0.25) is 0 Å². The molecule has 1 aliphatic rings. The van der Waals surface area contributed by atoms with Gasteiger partial charge in [-0.3, -0.25) is 5.41 Å². The summed E-state index contributed by atoms with van der Waals surface area (Å²) in [4.78, 5) is 15.8. The van der Waals surface area contributed by atoms with Gasteiger partial charge in [-0.25, -0.2) is 9.80 Å². The highest BCUT2D eigenvalue weighted by atomic mass is 16.6. The lowest BCUT2D eigenvalue weighted by molar-refractivity contribution is 0.0175. The molecule has 0 saturated carbocycles. The van der Waals surface area contributed by atoms with E-state index >= 15 is 0 Å². The summed E-state index contributed by atoms with van der Waals surface area (Å²) in [6.45, 7) is 7.15. The minimum absolute atomic E-state index is 0.165. The van der Waals surface area contributed by atoms with E-state index in [9.17, 15) is 4.79 Å². The van der Waals surface area contributed by atoms with Crippen molar-refractivity contribution >= 4 is 11.9 Å². The monoisotopic (exact) mass is 325 g/mol. The minimum atomic E-state index is -0.474. The number of ether oxygens (including phenoxy) is 1. The Balaban J connectivity index is 2.44. The molecule has 1 saturated heterocycles. The van der Waals surface area contributed by atoms with E-state index < -0.39 is 5.60 Å². The summed E-state index contributed by atoms with van der Waals surface area (Å²) in [5, 5.41) is 9.89. The lowest BCUT2D eigenvalue weighted by Gasteiger charge is -2.37. The quantitative estimate of drug-likeness (QED) is 0.469. The van der Waals surface area contributed by atoms with E-state index in [1.54, 1.807) is 24.2 Å². The lowest BCUT2D eigenvalue weighted by atomic mass is 10.0. The first-order valence-corrected chi connectivity index (χ1v) is 7.99. The van der Waals surface area contributed by atoms with Gasteiger partial charge in [0, 0.05) is 46.5 Å². The first kappa shape index (κ1) is 19.3. The number of hydrazine groups is 1. The van der Waals surface area contributed by atoms with Crippen LogP contribution < -0.4 is 5.43 Å². The zero-order valence-corrected chi connectivity index (χ0v) is 15.2. The zero-order chi connectivity index (χ0) is 17.6. The molecule has 1 rings (SSSR count). The third-order valence-electron chi connectivity index (χ3n) is 3.61. The number of nitrogens with zero attached hydrogens (tertiary/aromatic N) is 3. The Morgan fingerprint density at radius 1 is 1.26 bits per heavy atom. The largest absolute Gasteiger partial charge is 0.444 e. The maximum absolute atomic E-state index is 12.1. The predicted molar refractivity (Wildman–Crippen MR) is 92.3 cm³/mol. The van der Waals surface area contributed by atoms with Gasteiger partial charge in [-0.05, 0) is 39.7 Å². The second-order valence-electron chi connectivity index (χ2n) is 7.05. The van der Waals surface area contributed by atoms with E-state index in [0.717, 1.165) is 25.9 Å². The highest BCUT2D eigenvalue weighted by Gasteiger charge is 2.28. The molecule has 1 aliphatic heterocycles. The van der Waals surface area contributed by atoms with E-state index in [1.807, 2.05) is 44.8 Å². The number of hydrogen-bond acceptors (Lipinski definition) is 5. The maximum atomic E-state index is 12.1. The van der Waals surface area contributed by atoms with Crippen molar-refractivity contribution in [1.82, 2.24) is 20.2 Å². The molecule has 0 bridgehead atoms. The molecule has 0 aromatic carbocycles. The van der Waals surface area contributed by atoms with Crippen LogP contribution in [0.2, 0.25) is 0 Å². The number of piperidine rings is 1. The fourth-order valence-corrected chi connectivity index (χ4v) is 2.35. The molecule has 132 valence electrons. The van der Waals surface area contributed by atoms with Crippen molar-refractivity contribution in [1.29, 1.82) is 5.41 Å². The van der Waals surface area contributed by atoms with Gasteiger partial charge in [0.15, 0.2) is 0 Å². The molecular weight excluding hydrogens is 294 g/mol. The third-order valence-corrected chi connectivity index (χ3v) is 3.61. The second kappa shape index (κ2) is 8.19. The first-order chi connectivity index (χ1) is 10.6. The van der Waals surface area contributed by atoms with Crippen LogP contribution in [0.25, 0.3) is 0 Å². The summed E-state index contributed by atoms with van der Waals surface area (Å²) in [6.07, 6.45) is 4.90. The Kier molecular flexibility index (Phi) is 6.87. The van der Waals surface area contributed by atoms with Crippen LogP contribution in [0.3, 0.4) is 0 Å². The molecule has 1 amide bonds. The molecule has 1 fully saturated rings. The fraction of sp³-hybridized carbons (Fsp3) is 0.750. The van der Waals surface area contributed by atoms with Gasteiger partial charge in [-0.15, -0.1) is 0 Å².